The minimum absolute atomic E-state index is 0.0162. The summed E-state index contributed by atoms with van der Waals surface area (Å²) in [6, 6.07) is 13.7. The standard InChI is InChI=1S/C29H29FN4O3/c1-37-27-4-2-3-24(30)23(27)17-34-16-18(5-8-25(34)29(31)36)13-26(35)20-6-7-21-15-33-28(22(21)14-20)19-9-11-32-12-10-19/h2-4,6-7,9-12,14,18,25H,5,8,13,15-17H2,1H3,(H2,31,36)/t18-,25-/m0/s1. The zero-order chi connectivity index (χ0) is 25.9. The number of likely N-dealkylation sites (tertiary alicyclic amines) is 1. The predicted octanol–water partition coefficient (Wildman–Crippen LogP) is 3.92. The Kier molecular flexibility index (Phi) is 7.10. The predicted molar refractivity (Wildman–Crippen MR) is 138 cm³/mol. The molecule has 0 bridgehead atoms. The van der Waals surface area contributed by atoms with Gasteiger partial charge < -0.3 is 10.5 Å². The molecule has 2 aliphatic rings. The number of piperidine rings is 1. The minimum atomic E-state index is -0.519. The van der Waals surface area contributed by atoms with E-state index in [4.69, 9.17) is 10.5 Å². The summed E-state index contributed by atoms with van der Waals surface area (Å²) in [5.41, 5.74) is 10.6. The van der Waals surface area contributed by atoms with E-state index in [2.05, 4.69) is 9.98 Å². The summed E-state index contributed by atoms with van der Waals surface area (Å²) in [7, 11) is 1.49. The van der Waals surface area contributed by atoms with Crippen molar-refractivity contribution in [3.63, 3.8) is 0 Å². The van der Waals surface area contributed by atoms with Gasteiger partial charge in [-0.05, 0) is 54.7 Å². The molecule has 2 N–H and O–H groups in total. The summed E-state index contributed by atoms with van der Waals surface area (Å²) in [6.07, 6.45) is 5.01. The number of ketones is 1. The van der Waals surface area contributed by atoms with E-state index in [1.54, 1.807) is 24.5 Å². The molecule has 1 aromatic heterocycles. The molecule has 190 valence electrons. The number of ether oxygens (including phenoxy) is 1. The normalized spacial score (nSPS) is 19.2. The molecule has 2 atom stereocenters. The van der Waals surface area contributed by atoms with E-state index in [0.717, 1.165) is 22.4 Å². The highest BCUT2D eigenvalue weighted by Crippen LogP contribution is 2.31. The van der Waals surface area contributed by atoms with E-state index in [1.807, 2.05) is 35.2 Å². The Hall–Kier alpha value is -3.91. The number of nitrogens with two attached hydrogens (primary N) is 1. The lowest BCUT2D eigenvalue weighted by Crippen LogP contribution is -2.50. The van der Waals surface area contributed by atoms with E-state index >= 15 is 0 Å². The highest BCUT2D eigenvalue weighted by atomic mass is 19.1. The number of aliphatic imine (C=N–C) groups is 1. The number of methoxy groups -OCH3 is 1. The van der Waals surface area contributed by atoms with E-state index in [0.29, 0.717) is 49.2 Å². The molecule has 37 heavy (non-hydrogen) atoms. The topological polar surface area (TPSA) is 97.9 Å². The molecular formula is C29H29FN4O3. The molecule has 3 heterocycles. The van der Waals surface area contributed by atoms with Gasteiger partial charge in [-0.3, -0.25) is 24.5 Å². The highest BCUT2D eigenvalue weighted by molar-refractivity contribution is 6.16. The second kappa shape index (κ2) is 10.6. The van der Waals surface area contributed by atoms with Gasteiger partial charge in [-0.25, -0.2) is 4.39 Å². The number of rotatable bonds is 8. The van der Waals surface area contributed by atoms with Crippen LogP contribution in [-0.2, 0) is 17.9 Å². The van der Waals surface area contributed by atoms with Crippen LogP contribution in [0.25, 0.3) is 0 Å². The molecule has 1 saturated heterocycles. The first-order valence-corrected chi connectivity index (χ1v) is 12.4. The van der Waals surface area contributed by atoms with Crippen molar-refractivity contribution in [3.8, 4) is 5.75 Å². The number of carbonyl (C=O) groups excluding carboxylic acids is 2. The van der Waals surface area contributed by atoms with Gasteiger partial charge in [-0.2, -0.15) is 0 Å². The van der Waals surface area contributed by atoms with Crippen LogP contribution in [-0.4, -0.2) is 47.0 Å². The number of hydrogen-bond acceptors (Lipinski definition) is 6. The summed E-state index contributed by atoms with van der Waals surface area (Å²) >= 11 is 0. The maximum absolute atomic E-state index is 14.6. The molecular weight excluding hydrogens is 471 g/mol. The summed E-state index contributed by atoms with van der Waals surface area (Å²) in [4.78, 5) is 36.2. The maximum Gasteiger partial charge on any atom is 0.234 e. The van der Waals surface area contributed by atoms with Gasteiger partial charge >= 0.3 is 0 Å². The zero-order valence-electron chi connectivity index (χ0n) is 20.7. The van der Waals surface area contributed by atoms with Crippen molar-refractivity contribution in [1.82, 2.24) is 9.88 Å². The number of benzene rings is 2. The Morgan fingerprint density at radius 2 is 1.95 bits per heavy atom. The lowest BCUT2D eigenvalue weighted by molar-refractivity contribution is -0.125. The average molecular weight is 501 g/mol. The van der Waals surface area contributed by atoms with Crippen molar-refractivity contribution in [2.45, 2.75) is 38.4 Å². The maximum atomic E-state index is 14.6. The Bertz CT molecular complexity index is 1360. The smallest absolute Gasteiger partial charge is 0.234 e. The minimum Gasteiger partial charge on any atom is -0.496 e. The zero-order valence-corrected chi connectivity index (χ0v) is 20.7. The van der Waals surface area contributed by atoms with Crippen LogP contribution in [0.5, 0.6) is 5.75 Å². The summed E-state index contributed by atoms with van der Waals surface area (Å²) in [5, 5.41) is 0. The summed E-state index contributed by atoms with van der Waals surface area (Å²) < 4.78 is 20.0. The van der Waals surface area contributed by atoms with E-state index in [1.165, 1.54) is 13.2 Å². The lowest BCUT2D eigenvalue weighted by atomic mass is 9.86. The van der Waals surface area contributed by atoms with Crippen LogP contribution < -0.4 is 10.5 Å². The number of Topliss-reactive ketones (excluding diaryl/α,β-unsaturated/α-hetero) is 1. The van der Waals surface area contributed by atoms with Crippen molar-refractivity contribution in [1.29, 1.82) is 0 Å². The van der Waals surface area contributed by atoms with E-state index in [9.17, 15) is 14.0 Å². The molecule has 1 fully saturated rings. The van der Waals surface area contributed by atoms with Crippen molar-refractivity contribution in [2.75, 3.05) is 13.7 Å². The van der Waals surface area contributed by atoms with Crippen LogP contribution in [0.3, 0.4) is 0 Å². The number of nitrogens with zero attached hydrogens (tertiary/aromatic N) is 3. The third kappa shape index (κ3) is 5.15. The summed E-state index contributed by atoms with van der Waals surface area (Å²) in [6.45, 7) is 1.23. The first kappa shape index (κ1) is 24.8. The fourth-order valence-electron chi connectivity index (χ4n) is 5.37. The second-order valence-electron chi connectivity index (χ2n) is 9.61. The largest absolute Gasteiger partial charge is 0.496 e. The Morgan fingerprint density at radius 3 is 2.70 bits per heavy atom. The monoisotopic (exact) mass is 500 g/mol. The molecule has 0 saturated carbocycles. The van der Waals surface area contributed by atoms with Crippen LogP contribution in [0.15, 0.2) is 65.9 Å². The Morgan fingerprint density at radius 1 is 1.14 bits per heavy atom. The molecule has 8 heteroatoms. The van der Waals surface area contributed by atoms with Crippen LogP contribution >= 0.6 is 0 Å². The van der Waals surface area contributed by atoms with Gasteiger partial charge in [-0.15, -0.1) is 0 Å². The number of halogens is 1. The lowest BCUT2D eigenvalue weighted by Gasteiger charge is -2.38. The first-order chi connectivity index (χ1) is 17.9. The fourth-order valence-corrected chi connectivity index (χ4v) is 5.37. The third-order valence-corrected chi connectivity index (χ3v) is 7.29. The first-order valence-electron chi connectivity index (χ1n) is 12.4. The molecule has 0 radical (unpaired) electrons. The van der Waals surface area contributed by atoms with Crippen molar-refractivity contribution < 1.29 is 18.7 Å². The van der Waals surface area contributed by atoms with Gasteiger partial charge in [0.05, 0.1) is 25.4 Å². The van der Waals surface area contributed by atoms with Gasteiger partial charge in [0.2, 0.25) is 5.91 Å². The van der Waals surface area contributed by atoms with Crippen molar-refractivity contribution in [3.05, 3.63) is 94.6 Å². The van der Waals surface area contributed by atoms with Crippen molar-refractivity contribution >= 4 is 17.4 Å². The summed E-state index contributed by atoms with van der Waals surface area (Å²) in [5.74, 6) is -0.365. The Labute approximate surface area is 215 Å². The van der Waals surface area contributed by atoms with Crippen LogP contribution in [0.4, 0.5) is 4.39 Å². The molecule has 2 aliphatic heterocycles. The number of amides is 1. The van der Waals surface area contributed by atoms with Crippen LogP contribution in [0, 0.1) is 11.7 Å². The number of pyridine rings is 1. The average Bonchev–Trinajstić information content (AvgIpc) is 3.33. The van der Waals surface area contributed by atoms with Crippen LogP contribution in [0.2, 0.25) is 0 Å². The molecule has 1 amide bonds. The molecule has 0 aliphatic carbocycles. The van der Waals surface area contributed by atoms with Gasteiger partial charge in [0.15, 0.2) is 5.78 Å². The van der Waals surface area contributed by atoms with Gasteiger partial charge in [-0.1, -0.05) is 18.2 Å². The van der Waals surface area contributed by atoms with E-state index < -0.39 is 17.8 Å². The fraction of sp³-hybridized carbons (Fsp3) is 0.310. The molecule has 3 aromatic rings. The number of aromatic nitrogens is 1. The number of fused-ring (bicyclic) bond motifs is 1. The van der Waals surface area contributed by atoms with Gasteiger partial charge in [0, 0.05) is 54.2 Å². The molecule has 5 rings (SSSR count). The van der Waals surface area contributed by atoms with Gasteiger partial charge in [0.1, 0.15) is 11.6 Å². The number of carbonyl (C=O) groups is 2. The number of hydrogen-bond donors (Lipinski definition) is 1. The molecule has 0 unspecified atom stereocenters. The molecule has 2 aromatic carbocycles. The highest BCUT2D eigenvalue weighted by Gasteiger charge is 2.34. The quantitative estimate of drug-likeness (QED) is 0.473. The van der Waals surface area contributed by atoms with Crippen molar-refractivity contribution in [2.24, 2.45) is 16.6 Å². The Balaban J connectivity index is 1.32. The van der Waals surface area contributed by atoms with E-state index in [-0.39, 0.29) is 18.2 Å². The van der Waals surface area contributed by atoms with Crippen LogP contribution in [0.1, 0.15) is 51.9 Å². The molecule has 7 nitrogen and oxygen atoms in total. The SMILES string of the molecule is COc1cccc(F)c1CN1C[C@H](CC(=O)c2ccc3c(c2)C(c2ccncc2)=NC3)CC[C@H]1C(N)=O. The number of primary amides is 1. The molecule has 0 spiro atoms. The third-order valence-electron chi connectivity index (χ3n) is 7.29. The van der Waals surface area contributed by atoms with Gasteiger partial charge in [0.25, 0.3) is 0 Å². The second-order valence-corrected chi connectivity index (χ2v) is 9.61.